The van der Waals surface area contributed by atoms with E-state index in [1.807, 2.05) is 0 Å². The molecule has 0 aromatic heterocycles. The van der Waals surface area contributed by atoms with Crippen LogP contribution in [0, 0.1) is 5.41 Å². The number of hydrogen-bond acceptors (Lipinski definition) is 4. The van der Waals surface area contributed by atoms with Gasteiger partial charge < -0.3 is 15.3 Å². The molecule has 0 unspecified atom stereocenters. The summed E-state index contributed by atoms with van der Waals surface area (Å²) in [5.74, 6) is -0.170. The summed E-state index contributed by atoms with van der Waals surface area (Å²) < 4.78 is 0. The Labute approximate surface area is 122 Å². The van der Waals surface area contributed by atoms with E-state index in [1.165, 1.54) is 16.7 Å². The zero-order valence-electron chi connectivity index (χ0n) is 11.4. The van der Waals surface area contributed by atoms with Crippen molar-refractivity contribution in [1.82, 2.24) is 10.2 Å². The lowest BCUT2D eigenvalue weighted by Crippen LogP contribution is -2.47. The van der Waals surface area contributed by atoms with Crippen molar-refractivity contribution in [2.45, 2.75) is 32.1 Å². The van der Waals surface area contributed by atoms with Gasteiger partial charge in [0.1, 0.15) is 6.54 Å². The lowest BCUT2D eigenvalue weighted by atomic mass is 9.74. The summed E-state index contributed by atoms with van der Waals surface area (Å²) >= 11 is 1.48. The third-order valence-electron chi connectivity index (χ3n) is 4.05. The van der Waals surface area contributed by atoms with Crippen molar-refractivity contribution >= 4 is 29.5 Å². The van der Waals surface area contributed by atoms with Crippen molar-refractivity contribution in [3.05, 3.63) is 0 Å². The molecule has 20 heavy (non-hydrogen) atoms. The monoisotopic (exact) mass is 300 g/mol. The maximum Gasteiger partial charge on any atom is 0.311 e. The van der Waals surface area contributed by atoms with E-state index in [0.29, 0.717) is 24.5 Å². The van der Waals surface area contributed by atoms with Gasteiger partial charge in [-0.15, -0.1) is 11.8 Å². The number of carboxylic acid groups (broad SMARTS) is 1. The number of carboxylic acids is 1. The Morgan fingerprint density at radius 1 is 1.30 bits per heavy atom. The maximum absolute atomic E-state index is 11.8. The van der Waals surface area contributed by atoms with Crippen LogP contribution < -0.4 is 5.32 Å². The number of carbonyl (C=O) groups excluding carboxylic acids is 2. The summed E-state index contributed by atoms with van der Waals surface area (Å²) in [6.07, 6.45) is 4.07. The Morgan fingerprint density at radius 3 is 2.55 bits per heavy atom. The van der Waals surface area contributed by atoms with E-state index in [9.17, 15) is 19.5 Å². The third-order valence-corrected chi connectivity index (χ3v) is 4.99. The number of thioether (sulfide) groups is 1. The van der Waals surface area contributed by atoms with Crippen LogP contribution in [-0.4, -0.2) is 52.5 Å². The van der Waals surface area contributed by atoms with Gasteiger partial charge in [0.15, 0.2) is 0 Å². The molecule has 1 aliphatic heterocycles. The van der Waals surface area contributed by atoms with Crippen molar-refractivity contribution < 1.29 is 19.5 Å². The zero-order chi connectivity index (χ0) is 14.6. The number of amides is 2. The molecule has 0 aromatic rings. The highest BCUT2D eigenvalue weighted by molar-refractivity contribution is 8.00. The quantitative estimate of drug-likeness (QED) is 0.779. The number of nitrogens with one attached hydrogen (secondary N) is 1. The molecular formula is C13H20N2O4S. The van der Waals surface area contributed by atoms with Gasteiger partial charge in [0.05, 0.1) is 17.0 Å². The van der Waals surface area contributed by atoms with Gasteiger partial charge in [0.2, 0.25) is 11.8 Å². The van der Waals surface area contributed by atoms with Gasteiger partial charge >= 0.3 is 5.97 Å². The van der Waals surface area contributed by atoms with E-state index >= 15 is 0 Å². The molecule has 1 aliphatic carbocycles. The van der Waals surface area contributed by atoms with E-state index in [2.05, 4.69) is 5.32 Å². The minimum Gasteiger partial charge on any atom is -0.481 e. The minimum atomic E-state index is -0.828. The molecule has 0 spiro atoms. The lowest BCUT2D eigenvalue weighted by molar-refractivity contribution is -0.151. The first-order chi connectivity index (χ1) is 9.53. The van der Waals surface area contributed by atoms with Crippen LogP contribution in [0.2, 0.25) is 0 Å². The first-order valence-electron chi connectivity index (χ1n) is 6.89. The maximum atomic E-state index is 11.8. The Balaban J connectivity index is 1.84. The largest absolute Gasteiger partial charge is 0.481 e. The predicted molar refractivity (Wildman–Crippen MR) is 75.2 cm³/mol. The summed E-state index contributed by atoms with van der Waals surface area (Å²) in [4.78, 5) is 36.2. The molecule has 0 atom stereocenters. The molecule has 112 valence electrons. The first kappa shape index (κ1) is 15.2. The third kappa shape index (κ3) is 3.45. The summed E-state index contributed by atoms with van der Waals surface area (Å²) in [6, 6.07) is 0. The Bertz CT molecular complexity index is 407. The lowest BCUT2D eigenvalue weighted by Gasteiger charge is -2.33. The molecule has 0 bridgehead atoms. The van der Waals surface area contributed by atoms with Crippen LogP contribution in [0.15, 0.2) is 0 Å². The zero-order valence-corrected chi connectivity index (χ0v) is 12.2. The normalized spacial score (nSPS) is 21.8. The highest BCUT2D eigenvalue weighted by Gasteiger charge is 2.39. The smallest absolute Gasteiger partial charge is 0.311 e. The number of carbonyl (C=O) groups is 3. The van der Waals surface area contributed by atoms with E-state index < -0.39 is 11.4 Å². The molecule has 2 aliphatic rings. The SMILES string of the molecule is O=C(CN1CSCC1=O)NCC1(C(=O)O)CCCCC1. The molecule has 2 N–H and O–H groups in total. The van der Waals surface area contributed by atoms with Crippen LogP contribution >= 0.6 is 11.8 Å². The van der Waals surface area contributed by atoms with E-state index in [-0.39, 0.29) is 24.9 Å². The molecule has 2 rings (SSSR count). The fraction of sp³-hybridized carbons (Fsp3) is 0.769. The first-order valence-corrected chi connectivity index (χ1v) is 8.05. The van der Waals surface area contributed by atoms with Crippen molar-refractivity contribution in [1.29, 1.82) is 0 Å². The van der Waals surface area contributed by atoms with Crippen LogP contribution in [0.25, 0.3) is 0 Å². The minimum absolute atomic E-state index is 0.0293. The molecule has 7 heteroatoms. The van der Waals surface area contributed by atoms with Crippen LogP contribution in [0.5, 0.6) is 0 Å². The van der Waals surface area contributed by atoms with Crippen LogP contribution in [0.3, 0.4) is 0 Å². The van der Waals surface area contributed by atoms with Gasteiger partial charge in [-0.2, -0.15) is 0 Å². The van der Waals surface area contributed by atoms with Crippen molar-refractivity contribution in [3.8, 4) is 0 Å². The van der Waals surface area contributed by atoms with Gasteiger partial charge in [0, 0.05) is 6.54 Å². The Morgan fingerprint density at radius 2 is 2.00 bits per heavy atom. The van der Waals surface area contributed by atoms with Crippen LogP contribution in [0.4, 0.5) is 0 Å². The summed E-state index contributed by atoms with van der Waals surface area (Å²) in [5, 5.41) is 12.1. The molecular weight excluding hydrogens is 280 g/mol. The average molecular weight is 300 g/mol. The van der Waals surface area contributed by atoms with Crippen molar-refractivity contribution in [2.75, 3.05) is 24.7 Å². The van der Waals surface area contributed by atoms with Gasteiger partial charge in [-0.1, -0.05) is 19.3 Å². The molecule has 1 saturated carbocycles. The Hall–Kier alpha value is -1.24. The van der Waals surface area contributed by atoms with E-state index in [4.69, 9.17) is 0 Å². The summed E-state index contributed by atoms with van der Waals surface area (Å²) in [7, 11) is 0. The molecule has 0 aromatic carbocycles. The second-order valence-electron chi connectivity index (χ2n) is 5.49. The standard InChI is InChI=1S/C13H20N2O4S/c16-10(6-15-9-20-7-11(15)17)14-8-13(12(18)19)4-2-1-3-5-13/h1-9H2,(H,14,16)(H,18,19). The fourth-order valence-corrected chi connectivity index (χ4v) is 3.64. The Kier molecular flexibility index (Phi) is 4.91. The molecule has 6 nitrogen and oxygen atoms in total. The van der Waals surface area contributed by atoms with Gasteiger partial charge in [-0.05, 0) is 12.8 Å². The number of nitrogens with zero attached hydrogens (tertiary/aromatic N) is 1. The van der Waals surface area contributed by atoms with Gasteiger partial charge in [-0.25, -0.2) is 0 Å². The molecule has 2 fully saturated rings. The second-order valence-corrected chi connectivity index (χ2v) is 6.45. The van der Waals surface area contributed by atoms with Crippen LogP contribution in [0.1, 0.15) is 32.1 Å². The number of hydrogen-bond donors (Lipinski definition) is 2. The number of aliphatic carboxylic acids is 1. The molecule has 1 heterocycles. The van der Waals surface area contributed by atoms with Gasteiger partial charge in [-0.3, -0.25) is 14.4 Å². The highest BCUT2D eigenvalue weighted by atomic mass is 32.2. The van der Waals surface area contributed by atoms with Crippen molar-refractivity contribution in [3.63, 3.8) is 0 Å². The topological polar surface area (TPSA) is 86.7 Å². The van der Waals surface area contributed by atoms with Crippen molar-refractivity contribution in [2.24, 2.45) is 5.41 Å². The van der Waals surface area contributed by atoms with Gasteiger partial charge in [0.25, 0.3) is 0 Å². The molecule has 1 saturated heterocycles. The molecule has 2 amide bonds. The summed E-state index contributed by atoms with van der Waals surface area (Å²) in [5.41, 5.74) is -0.822. The average Bonchev–Trinajstić information content (AvgIpc) is 2.83. The number of rotatable bonds is 5. The second kappa shape index (κ2) is 6.47. The van der Waals surface area contributed by atoms with E-state index in [0.717, 1.165) is 19.3 Å². The summed E-state index contributed by atoms with van der Waals surface area (Å²) in [6.45, 7) is 0.192. The van der Waals surface area contributed by atoms with Crippen LogP contribution in [-0.2, 0) is 14.4 Å². The fourth-order valence-electron chi connectivity index (χ4n) is 2.73. The predicted octanol–water partition coefficient (Wildman–Crippen LogP) is 0.671. The molecule has 0 radical (unpaired) electrons. The highest BCUT2D eigenvalue weighted by Crippen LogP contribution is 2.35. The van der Waals surface area contributed by atoms with E-state index in [1.54, 1.807) is 0 Å².